The number of aliphatic hydroxyl groups is 1. The number of rotatable bonds is 10. The van der Waals surface area contributed by atoms with Gasteiger partial charge in [0.1, 0.15) is 10.8 Å². The Bertz CT molecular complexity index is 1130. The van der Waals surface area contributed by atoms with Crippen LogP contribution in [0, 0.1) is 5.82 Å². The Morgan fingerprint density at radius 1 is 1.32 bits per heavy atom. The van der Waals surface area contributed by atoms with Gasteiger partial charge in [-0.1, -0.05) is 0 Å². The number of hydrogen-bond donors (Lipinski definition) is 3. The molecule has 0 aliphatic heterocycles. The molecule has 1 saturated carbocycles. The maximum absolute atomic E-state index is 14.1. The number of nitrogens with zero attached hydrogens (tertiary/aromatic N) is 1. The van der Waals surface area contributed by atoms with Crippen molar-refractivity contribution in [1.82, 2.24) is 15.6 Å². The van der Waals surface area contributed by atoms with Crippen LogP contribution in [0.15, 0.2) is 12.1 Å². The Morgan fingerprint density at radius 3 is 2.65 bits per heavy atom. The Morgan fingerprint density at radius 2 is 2.03 bits per heavy atom. The molecule has 1 unspecified atom stereocenters. The number of aromatic nitrogens is 1. The Balaban J connectivity index is 1.92. The van der Waals surface area contributed by atoms with E-state index in [1.165, 1.54) is 13.0 Å². The molecule has 3 rings (SSSR count). The van der Waals surface area contributed by atoms with Crippen molar-refractivity contribution in [2.45, 2.75) is 37.5 Å². The molecule has 1 atom stereocenters. The highest BCUT2D eigenvalue weighted by Crippen LogP contribution is 2.33. The van der Waals surface area contributed by atoms with Crippen LogP contribution in [-0.4, -0.2) is 61.1 Å². The number of thiazole rings is 1. The lowest BCUT2D eigenvalue weighted by atomic mass is 10.1. The molecule has 3 N–H and O–H groups in total. The third-order valence-corrected chi connectivity index (χ3v) is 7.89. The fraction of sp³-hybridized carbons (Fsp3) is 0.474. The second-order valence-corrected chi connectivity index (χ2v) is 10.6. The summed E-state index contributed by atoms with van der Waals surface area (Å²) >= 11 is 0.818. The molecule has 1 aliphatic carbocycles. The van der Waals surface area contributed by atoms with E-state index in [-0.39, 0.29) is 39.9 Å². The molecular weight excluding hydrogens is 449 g/mol. The number of aliphatic hydroxyl groups excluding tert-OH is 1. The van der Waals surface area contributed by atoms with Crippen LogP contribution in [0.3, 0.4) is 0 Å². The highest BCUT2D eigenvalue weighted by Gasteiger charge is 2.37. The number of hydrogen-bond acceptors (Lipinski definition) is 8. The molecule has 2 aromatic rings. The van der Waals surface area contributed by atoms with E-state index in [0.29, 0.717) is 0 Å². The second-order valence-electron chi connectivity index (χ2n) is 7.29. The SMILES string of the molecule is CC(=O)c1cc2nc(C(C(=O)NCC(=O)NC3CC3)S(=O)(=O)CCCO)sc2cc1F. The third kappa shape index (κ3) is 5.63. The lowest BCUT2D eigenvalue weighted by molar-refractivity contribution is -0.126. The first kappa shape index (κ1) is 23.2. The zero-order chi connectivity index (χ0) is 22.8. The van der Waals surface area contributed by atoms with E-state index in [1.54, 1.807) is 0 Å². The van der Waals surface area contributed by atoms with Crippen molar-refractivity contribution in [1.29, 1.82) is 0 Å². The monoisotopic (exact) mass is 471 g/mol. The molecule has 2 amide bonds. The smallest absolute Gasteiger partial charge is 0.245 e. The number of benzene rings is 1. The maximum Gasteiger partial charge on any atom is 0.245 e. The molecule has 0 spiro atoms. The summed E-state index contributed by atoms with van der Waals surface area (Å²) in [4.78, 5) is 40.4. The lowest BCUT2D eigenvalue weighted by Crippen LogP contribution is -2.41. The Labute approximate surface area is 182 Å². The number of nitrogens with one attached hydrogen (secondary N) is 2. The van der Waals surface area contributed by atoms with Crippen molar-refractivity contribution in [2.24, 2.45) is 0 Å². The van der Waals surface area contributed by atoms with Crippen LogP contribution in [0.2, 0.25) is 0 Å². The van der Waals surface area contributed by atoms with Crippen LogP contribution in [0.5, 0.6) is 0 Å². The fourth-order valence-corrected chi connectivity index (χ4v) is 6.00. The average Bonchev–Trinajstić information content (AvgIpc) is 3.41. The second kappa shape index (κ2) is 9.37. The molecule has 0 bridgehead atoms. The van der Waals surface area contributed by atoms with Gasteiger partial charge in [-0.05, 0) is 38.3 Å². The van der Waals surface area contributed by atoms with Crippen LogP contribution in [0.1, 0.15) is 46.8 Å². The van der Waals surface area contributed by atoms with Gasteiger partial charge in [-0.2, -0.15) is 0 Å². The number of halogens is 1. The topological polar surface area (TPSA) is 143 Å². The van der Waals surface area contributed by atoms with Crippen molar-refractivity contribution in [3.63, 3.8) is 0 Å². The molecular formula is C19H22FN3O6S2. The molecule has 1 heterocycles. The summed E-state index contributed by atoms with van der Waals surface area (Å²) in [6, 6.07) is 2.37. The van der Waals surface area contributed by atoms with Crippen LogP contribution in [0.25, 0.3) is 10.2 Å². The minimum Gasteiger partial charge on any atom is -0.396 e. The molecule has 168 valence electrons. The zero-order valence-corrected chi connectivity index (χ0v) is 18.3. The quantitative estimate of drug-likeness (QED) is 0.436. The predicted octanol–water partition coefficient (Wildman–Crippen LogP) is 0.871. The van der Waals surface area contributed by atoms with Crippen molar-refractivity contribution < 1.29 is 32.3 Å². The van der Waals surface area contributed by atoms with Crippen molar-refractivity contribution in [2.75, 3.05) is 18.9 Å². The van der Waals surface area contributed by atoms with Gasteiger partial charge in [0.2, 0.25) is 11.8 Å². The predicted molar refractivity (Wildman–Crippen MR) is 112 cm³/mol. The summed E-state index contributed by atoms with van der Waals surface area (Å²) in [6.45, 7) is 0.416. The average molecular weight is 472 g/mol. The molecule has 1 fully saturated rings. The van der Waals surface area contributed by atoms with Gasteiger partial charge >= 0.3 is 0 Å². The first-order valence-electron chi connectivity index (χ1n) is 9.63. The number of amides is 2. The van der Waals surface area contributed by atoms with E-state index in [4.69, 9.17) is 5.11 Å². The number of ketones is 1. The molecule has 0 saturated heterocycles. The molecule has 31 heavy (non-hydrogen) atoms. The number of carbonyl (C=O) groups excluding carboxylic acids is 3. The summed E-state index contributed by atoms with van der Waals surface area (Å²) in [7, 11) is -4.10. The van der Waals surface area contributed by atoms with Crippen LogP contribution in [-0.2, 0) is 19.4 Å². The van der Waals surface area contributed by atoms with Crippen LogP contribution < -0.4 is 10.6 Å². The standard InChI is InChI=1S/C19H22FN3O6S2/c1-10(25)12-7-14-15(8-13(12)20)30-19(23-14)17(31(28,29)6-2-5-24)18(27)21-9-16(26)22-11-3-4-11/h7-8,11,17,24H,2-6,9H2,1H3,(H,21,27)(H,22,26). The normalized spacial score (nSPS) is 14.9. The van der Waals surface area contributed by atoms with Gasteiger partial charge in [0.05, 0.1) is 28.1 Å². The van der Waals surface area contributed by atoms with E-state index in [0.717, 1.165) is 30.2 Å². The first-order chi connectivity index (χ1) is 14.6. The van der Waals surface area contributed by atoms with Crippen molar-refractivity contribution in [3.8, 4) is 0 Å². The van der Waals surface area contributed by atoms with Gasteiger partial charge < -0.3 is 15.7 Å². The summed E-state index contributed by atoms with van der Waals surface area (Å²) in [5.41, 5.74) is -0.00142. The lowest BCUT2D eigenvalue weighted by Gasteiger charge is -2.15. The Kier molecular flexibility index (Phi) is 7.02. The first-order valence-corrected chi connectivity index (χ1v) is 12.2. The molecule has 1 aromatic heterocycles. The van der Waals surface area contributed by atoms with Crippen LogP contribution in [0.4, 0.5) is 4.39 Å². The number of sulfone groups is 1. The summed E-state index contributed by atoms with van der Waals surface area (Å²) in [6.07, 6.45) is 1.65. The van der Waals surface area contributed by atoms with E-state index in [9.17, 15) is 27.2 Å². The minimum absolute atomic E-state index is 0.0811. The Hall–Kier alpha value is -2.44. The summed E-state index contributed by atoms with van der Waals surface area (Å²) in [5.74, 6) is -3.12. The highest BCUT2D eigenvalue weighted by molar-refractivity contribution is 7.92. The molecule has 1 aromatic carbocycles. The van der Waals surface area contributed by atoms with Gasteiger partial charge in [0.25, 0.3) is 0 Å². The summed E-state index contributed by atoms with van der Waals surface area (Å²) in [5, 5.41) is 12.2. The maximum atomic E-state index is 14.1. The molecule has 0 radical (unpaired) electrons. The van der Waals surface area contributed by atoms with Gasteiger partial charge in [0.15, 0.2) is 20.9 Å². The molecule has 1 aliphatic rings. The molecule has 9 nitrogen and oxygen atoms in total. The minimum atomic E-state index is -4.10. The largest absolute Gasteiger partial charge is 0.396 e. The van der Waals surface area contributed by atoms with Gasteiger partial charge in [0, 0.05) is 12.6 Å². The van der Waals surface area contributed by atoms with E-state index >= 15 is 0 Å². The third-order valence-electron chi connectivity index (χ3n) is 4.65. The van der Waals surface area contributed by atoms with Crippen LogP contribution >= 0.6 is 11.3 Å². The van der Waals surface area contributed by atoms with E-state index < -0.39 is 50.8 Å². The number of fused-ring (bicyclic) bond motifs is 1. The van der Waals surface area contributed by atoms with Crippen molar-refractivity contribution >= 4 is 49.0 Å². The fourth-order valence-electron chi connectivity index (χ4n) is 2.93. The van der Waals surface area contributed by atoms with Gasteiger partial charge in [-0.15, -0.1) is 11.3 Å². The zero-order valence-electron chi connectivity index (χ0n) is 16.7. The van der Waals surface area contributed by atoms with Gasteiger partial charge in [-0.3, -0.25) is 14.4 Å². The molecule has 12 heteroatoms. The van der Waals surface area contributed by atoms with E-state index in [2.05, 4.69) is 15.6 Å². The van der Waals surface area contributed by atoms with Gasteiger partial charge in [-0.25, -0.2) is 17.8 Å². The number of Topliss-reactive ketones (excluding diaryl/α,β-unsaturated/α-hetero) is 1. The highest BCUT2D eigenvalue weighted by atomic mass is 32.2. The summed E-state index contributed by atoms with van der Waals surface area (Å²) < 4.78 is 40.1. The van der Waals surface area contributed by atoms with Crippen molar-refractivity contribution in [3.05, 3.63) is 28.5 Å². The number of carbonyl (C=O) groups is 3. The van der Waals surface area contributed by atoms with E-state index in [1.807, 2.05) is 0 Å².